The third-order valence-electron chi connectivity index (χ3n) is 4.30. The quantitative estimate of drug-likeness (QED) is 0.817. The largest absolute Gasteiger partial charge is 0.345 e. The first kappa shape index (κ1) is 18.1. The average Bonchev–Trinajstić information content (AvgIpc) is 2.91. The normalized spacial score (nSPS) is 15.5. The van der Waals surface area contributed by atoms with Gasteiger partial charge in [0.2, 0.25) is 11.0 Å². The van der Waals surface area contributed by atoms with E-state index in [2.05, 4.69) is 9.27 Å². The van der Waals surface area contributed by atoms with Gasteiger partial charge in [-0.05, 0) is 24.1 Å². The summed E-state index contributed by atoms with van der Waals surface area (Å²) in [7, 11) is 0. The van der Waals surface area contributed by atoms with Crippen molar-refractivity contribution in [1.82, 2.24) is 14.3 Å². The van der Waals surface area contributed by atoms with Gasteiger partial charge in [-0.3, -0.25) is 4.79 Å². The van der Waals surface area contributed by atoms with E-state index in [-0.39, 0.29) is 11.8 Å². The third kappa shape index (κ3) is 4.70. The van der Waals surface area contributed by atoms with Crippen LogP contribution < -0.4 is 4.90 Å². The zero-order valence-corrected chi connectivity index (χ0v) is 16.2. The van der Waals surface area contributed by atoms with Gasteiger partial charge in [-0.15, -0.1) is 0 Å². The number of rotatable bonds is 4. The second-order valence-electron chi connectivity index (χ2n) is 6.62. The Morgan fingerprint density at radius 2 is 1.96 bits per heavy atom. The van der Waals surface area contributed by atoms with Gasteiger partial charge in [0.15, 0.2) is 0 Å². The maximum atomic E-state index is 12.2. The van der Waals surface area contributed by atoms with Gasteiger partial charge in [0.1, 0.15) is 5.82 Å². The number of benzene rings is 1. The molecule has 1 fully saturated rings. The van der Waals surface area contributed by atoms with Crippen molar-refractivity contribution >= 4 is 34.2 Å². The Hall–Kier alpha value is -1.66. The van der Waals surface area contributed by atoms with Crippen LogP contribution in [0.5, 0.6) is 0 Å². The minimum atomic E-state index is 0.0547. The number of hydrogen-bond acceptors (Lipinski definition) is 5. The fourth-order valence-corrected chi connectivity index (χ4v) is 3.79. The van der Waals surface area contributed by atoms with E-state index < -0.39 is 0 Å². The van der Waals surface area contributed by atoms with Crippen LogP contribution >= 0.6 is 23.1 Å². The van der Waals surface area contributed by atoms with Crippen molar-refractivity contribution < 1.29 is 4.79 Å². The smallest absolute Gasteiger partial charge is 0.225 e. The zero-order chi connectivity index (χ0) is 17.8. The molecule has 1 aromatic carbocycles. The summed E-state index contributed by atoms with van der Waals surface area (Å²) in [5.74, 6) is 1.13. The van der Waals surface area contributed by atoms with E-state index >= 15 is 0 Å². The Labute approximate surface area is 157 Å². The van der Waals surface area contributed by atoms with Crippen molar-refractivity contribution in [2.75, 3.05) is 31.1 Å². The molecule has 2 aromatic rings. The topological polar surface area (TPSA) is 49.3 Å². The lowest BCUT2D eigenvalue weighted by Gasteiger charge is -2.23. The first-order valence-electron chi connectivity index (χ1n) is 8.63. The van der Waals surface area contributed by atoms with Gasteiger partial charge in [-0.25, -0.2) is 4.98 Å². The molecule has 0 radical (unpaired) electrons. The van der Waals surface area contributed by atoms with E-state index in [4.69, 9.17) is 16.6 Å². The summed E-state index contributed by atoms with van der Waals surface area (Å²) < 4.78 is 4.50. The van der Waals surface area contributed by atoms with Crippen molar-refractivity contribution in [3.05, 3.63) is 40.7 Å². The lowest BCUT2D eigenvalue weighted by molar-refractivity contribution is -0.134. The number of halogens is 1. The molecule has 0 atom stereocenters. The summed E-state index contributed by atoms with van der Waals surface area (Å²) in [4.78, 5) is 21.1. The number of hydrogen-bond donors (Lipinski definition) is 0. The van der Waals surface area contributed by atoms with Gasteiger partial charge in [-0.2, -0.15) is 4.37 Å². The van der Waals surface area contributed by atoms with Gasteiger partial charge in [-0.1, -0.05) is 37.6 Å². The first-order chi connectivity index (χ1) is 12.0. The molecule has 1 aliphatic heterocycles. The Morgan fingerprint density at radius 3 is 2.68 bits per heavy atom. The molecule has 1 aromatic heterocycles. The van der Waals surface area contributed by atoms with Crippen LogP contribution in [0.1, 0.15) is 31.7 Å². The molecule has 25 heavy (non-hydrogen) atoms. The Morgan fingerprint density at radius 1 is 1.20 bits per heavy atom. The maximum Gasteiger partial charge on any atom is 0.225 e. The molecular formula is C18H23ClN4OS. The van der Waals surface area contributed by atoms with Gasteiger partial charge in [0.25, 0.3) is 0 Å². The lowest BCUT2D eigenvalue weighted by atomic mass is 10.1. The van der Waals surface area contributed by atoms with Crippen LogP contribution in [0.25, 0.3) is 0 Å². The first-order valence-corrected chi connectivity index (χ1v) is 9.79. The second kappa shape index (κ2) is 8.15. The van der Waals surface area contributed by atoms with Crippen LogP contribution in [-0.4, -0.2) is 46.3 Å². The molecule has 2 heterocycles. The van der Waals surface area contributed by atoms with Crippen LogP contribution in [0.3, 0.4) is 0 Å². The molecule has 5 nitrogen and oxygen atoms in total. The standard InChI is InChI=1S/C18H23ClN4OS/c1-13(2)17(24)22-8-3-9-23(11-10-22)18-20-16(21-25-18)12-14-4-6-15(19)7-5-14/h4-7,13H,3,8-12H2,1-2H3. The molecule has 1 saturated heterocycles. The van der Waals surface area contributed by atoms with Crippen molar-refractivity contribution in [2.45, 2.75) is 26.7 Å². The maximum absolute atomic E-state index is 12.2. The van der Waals surface area contributed by atoms with Crippen molar-refractivity contribution in [1.29, 1.82) is 0 Å². The van der Waals surface area contributed by atoms with Gasteiger partial charge in [0.05, 0.1) is 0 Å². The molecule has 3 rings (SSSR count). The van der Waals surface area contributed by atoms with E-state index in [0.717, 1.165) is 54.1 Å². The summed E-state index contributed by atoms with van der Waals surface area (Å²) in [6.07, 6.45) is 1.67. The molecule has 0 unspecified atom stereocenters. The van der Waals surface area contributed by atoms with Gasteiger partial charge < -0.3 is 9.80 Å². The molecule has 134 valence electrons. The molecule has 7 heteroatoms. The highest BCUT2D eigenvalue weighted by Crippen LogP contribution is 2.21. The summed E-state index contributed by atoms with van der Waals surface area (Å²) in [5.41, 5.74) is 1.15. The molecule has 0 N–H and O–H groups in total. The van der Waals surface area contributed by atoms with E-state index in [1.165, 1.54) is 11.5 Å². The Balaban J connectivity index is 1.62. The van der Waals surface area contributed by atoms with Crippen LogP contribution in [0.4, 0.5) is 5.13 Å². The van der Waals surface area contributed by atoms with E-state index in [0.29, 0.717) is 6.42 Å². The van der Waals surface area contributed by atoms with Crippen molar-refractivity contribution in [3.8, 4) is 0 Å². The molecule has 0 saturated carbocycles. The number of nitrogens with zero attached hydrogens (tertiary/aromatic N) is 4. The minimum Gasteiger partial charge on any atom is -0.345 e. The summed E-state index contributed by atoms with van der Waals surface area (Å²) >= 11 is 7.36. The average molecular weight is 379 g/mol. The summed E-state index contributed by atoms with van der Waals surface area (Å²) in [6.45, 7) is 7.22. The zero-order valence-electron chi connectivity index (χ0n) is 14.6. The number of carbonyl (C=O) groups is 1. The molecule has 0 aliphatic carbocycles. The Bertz CT molecular complexity index is 716. The number of carbonyl (C=O) groups excluding carboxylic acids is 1. The fraction of sp³-hybridized carbons (Fsp3) is 0.500. The van der Waals surface area contributed by atoms with Crippen LogP contribution in [0, 0.1) is 5.92 Å². The molecule has 0 bridgehead atoms. The molecule has 0 spiro atoms. The third-order valence-corrected chi connectivity index (χ3v) is 5.37. The van der Waals surface area contributed by atoms with E-state index in [1.807, 2.05) is 43.0 Å². The SMILES string of the molecule is CC(C)C(=O)N1CCCN(c2nc(Cc3ccc(Cl)cc3)ns2)CC1. The van der Waals surface area contributed by atoms with Crippen molar-refractivity contribution in [3.63, 3.8) is 0 Å². The lowest BCUT2D eigenvalue weighted by Crippen LogP contribution is -2.37. The predicted octanol–water partition coefficient (Wildman–Crippen LogP) is 3.48. The summed E-state index contributed by atoms with van der Waals surface area (Å²) in [5, 5.41) is 1.68. The van der Waals surface area contributed by atoms with Gasteiger partial charge >= 0.3 is 0 Å². The van der Waals surface area contributed by atoms with Crippen LogP contribution in [0.2, 0.25) is 5.02 Å². The highest BCUT2D eigenvalue weighted by molar-refractivity contribution is 7.09. The van der Waals surface area contributed by atoms with Crippen LogP contribution in [0.15, 0.2) is 24.3 Å². The van der Waals surface area contributed by atoms with E-state index in [1.54, 1.807) is 0 Å². The molecular weight excluding hydrogens is 356 g/mol. The highest BCUT2D eigenvalue weighted by Gasteiger charge is 2.22. The van der Waals surface area contributed by atoms with Crippen molar-refractivity contribution in [2.24, 2.45) is 5.92 Å². The van der Waals surface area contributed by atoms with Gasteiger partial charge in [0, 0.05) is 55.1 Å². The molecule has 1 aliphatic rings. The molecule has 1 amide bonds. The number of anilines is 1. The van der Waals surface area contributed by atoms with E-state index in [9.17, 15) is 4.79 Å². The monoisotopic (exact) mass is 378 g/mol. The second-order valence-corrected chi connectivity index (χ2v) is 7.78. The highest BCUT2D eigenvalue weighted by atomic mass is 35.5. The number of aromatic nitrogens is 2. The fourth-order valence-electron chi connectivity index (χ4n) is 2.92. The predicted molar refractivity (Wildman–Crippen MR) is 102 cm³/mol. The van der Waals surface area contributed by atoms with Crippen LogP contribution in [-0.2, 0) is 11.2 Å². The summed E-state index contributed by atoms with van der Waals surface area (Å²) in [6, 6.07) is 7.79. The Kier molecular flexibility index (Phi) is 5.91. The number of amides is 1. The minimum absolute atomic E-state index is 0.0547.